The number of amides is 1. The van der Waals surface area contributed by atoms with Gasteiger partial charge in [0.25, 0.3) is 0 Å². The molecular weight excluding hydrogens is 238 g/mol. The van der Waals surface area contributed by atoms with Crippen LogP contribution in [0.1, 0.15) is 34.6 Å². The number of ether oxygens (including phenoxy) is 2. The Balaban J connectivity index is 4.19. The van der Waals surface area contributed by atoms with E-state index in [1.54, 1.807) is 20.8 Å². The van der Waals surface area contributed by atoms with Gasteiger partial charge in [0.15, 0.2) is 6.04 Å². The van der Waals surface area contributed by atoms with Gasteiger partial charge in [0, 0.05) is 6.61 Å². The summed E-state index contributed by atoms with van der Waals surface area (Å²) < 4.78 is 10.2. The van der Waals surface area contributed by atoms with Crippen LogP contribution < -0.4 is 5.32 Å². The average molecular weight is 261 g/mol. The van der Waals surface area contributed by atoms with Gasteiger partial charge >= 0.3 is 12.1 Å². The van der Waals surface area contributed by atoms with Crippen molar-refractivity contribution >= 4 is 12.1 Å². The first-order valence-electron chi connectivity index (χ1n) is 5.92. The van der Waals surface area contributed by atoms with Crippen molar-refractivity contribution in [3.8, 4) is 0 Å². The van der Waals surface area contributed by atoms with Gasteiger partial charge in [-0.05, 0) is 26.7 Å². The van der Waals surface area contributed by atoms with E-state index in [1.807, 2.05) is 13.8 Å². The predicted molar refractivity (Wildman–Crippen MR) is 66.5 cm³/mol. The van der Waals surface area contributed by atoms with Crippen molar-refractivity contribution in [2.75, 3.05) is 13.2 Å². The first-order valence-corrected chi connectivity index (χ1v) is 5.92. The maximum absolute atomic E-state index is 11.4. The SMILES string of the molecule is CC(C)COC[C@@H](NC(=O)OC(C)(C)C)C(=O)O. The standard InChI is InChI=1S/C12H23NO5/c1-8(2)6-17-7-9(10(14)15)13-11(16)18-12(3,4)5/h8-9H,6-7H2,1-5H3,(H,13,16)(H,14,15)/t9-/m1/s1. The van der Waals surface area contributed by atoms with Gasteiger partial charge in [-0.3, -0.25) is 0 Å². The highest BCUT2D eigenvalue weighted by Crippen LogP contribution is 2.07. The summed E-state index contributed by atoms with van der Waals surface area (Å²) >= 11 is 0. The number of carboxylic acid groups (broad SMARTS) is 1. The van der Waals surface area contributed by atoms with E-state index in [0.717, 1.165) is 0 Å². The van der Waals surface area contributed by atoms with Gasteiger partial charge in [-0.15, -0.1) is 0 Å². The Labute approximate surface area is 108 Å². The Morgan fingerprint density at radius 3 is 2.17 bits per heavy atom. The van der Waals surface area contributed by atoms with E-state index < -0.39 is 23.7 Å². The van der Waals surface area contributed by atoms with Crippen molar-refractivity contribution < 1.29 is 24.2 Å². The predicted octanol–water partition coefficient (Wildman–Crippen LogP) is 1.64. The zero-order valence-electron chi connectivity index (χ0n) is 11.6. The first-order chi connectivity index (χ1) is 8.11. The molecule has 6 nitrogen and oxygen atoms in total. The fourth-order valence-corrected chi connectivity index (χ4v) is 1.05. The quantitative estimate of drug-likeness (QED) is 0.759. The van der Waals surface area contributed by atoms with E-state index in [4.69, 9.17) is 14.6 Å². The number of carbonyl (C=O) groups excluding carboxylic acids is 1. The van der Waals surface area contributed by atoms with E-state index in [0.29, 0.717) is 12.5 Å². The molecule has 0 rings (SSSR count). The summed E-state index contributed by atoms with van der Waals surface area (Å²) in [6.45, 7) is 9.40. The summed E-state index contributed by atoms with van der Waals surface area (Å²) in [6, 6.07) is -1.10. The summed E-state index contributed by atoms with van der Waals surface area (Å²) in [6.07, 6.45) is -0.761. The number of hydrogen-bond acceptors (Lipinski definition) is 4. The molecule has 0 heterocycles. The van der Waals surface area contributed by atoms with Crippen LogP contribution in [0.3, 0.4) is 0 Å². The maximum Gasteiger partial charge on any atom is 0.408 e. The molecule has 0 saturated carbocycles. The van der Waals surface area contributed by atoms with E-state index in [9.17, 15) is 9.59 Å². The number of alkyl carbamates (subject to hydrolysis) is 1. The monoisotopic (exact) mass is 261 g/mol. The highest BCUT2D eigenvalue weighted by atomic mass is 16.6. The maximum atomic E-state index is 11.4. The topological polar surface area (TPSA) is 84.9 Å². The number of nitrogens with one attached hydrogen (secondary N) is 1. The molecule has 0 aromatic carbocycles. The van der Waals surface area contributed by atoms with Crippen LogP contribution in [0.4, 0.5) is 4.79 Å². The van der Waals surface area contributed by atoms with Crippen molar-refractivity contribution in [1.82, 2.24) is 5.32 Å². The molecule has 0 aliphatic carbocycles. The van der Waals surface area contributed by atoms with Gasteiger partial charge in [-0.2, -0.15) is 0 Å². The number of carboxylic acids is 1. The lowest BCUT2D eigenvalue weighted by Crippen LogP contribution is -2.46. The second kappa shape index (κ2) is 7.20. The zero-order valence-corrected chi connectivity index (χ0v) is 11.6. The molecule has 0 aliphatic heterocycles. The van der Waals surface area contributed by atoms with Crippen molar-refractivity contribution in [3.63, 3.8) is 0 Å². The molecule has 106 valence electrons. The average Bonchev–Trinajstić information content (AvgIpc) is 2.12. The summed E-state index contributed by atoms with van der Waals surface area (Å²) in [5.74, 6) is -0.842. The normalized spacial score (nSPS) is 13.2. The molecule has 0 bridgehead atoms. The first kappa shape index (κ1) is 16.7. The van der Waals surface area contributed by atoms with Crippen molar-refractivity contribution in [2.24, 2.45) is 5.92 Å². The molecule has 0 fully saturated rings. The number of carbonyl (C=O) groups is 2. The minimum absolute atomic E-state index is 0.0766. The second-order valence-corrected chi connectivity index (χ2v) is 5.47. The van der Waals surface area contributed by atoms with Crippen molar-refractivity contribution in [2.45, 2.75) is 46.3 Å². The molecule has 0 saturated heterocycles. The Bertz CT molecular complexity index is 283. The van der Waals surface area contributed by atoms with Gasteiger partial charge in [0.1, 0.15) is 5.60 Å². The highest BCUT2D eigenvalue weighted by Gasteiger charge is 2.24. The molecule has 6 heteroatoms. The summed E-state index contributed by atoms with van der Waals surface area (Å²) in [4.78, 5) is 22.3. The smallest absolute Gasteiger partial charge is 0.408 e. The molecule has 18 heavy (non-hydrogen) atoms. The van der Waals surface area contributed by atoms with E-state index in [1.165, 1.54) is 0 Å². The molecule has 1 atom stereocenters. The van der Waals surface area contributed by atoms with Crippen LogP contribution >= 0.6 is 0 Å². The van der Waals surface area contributed by atoms with E-state index in [-0.39, 0.29) is 6.61 Å². The van der Waals surface area contributed by atoms with Gasteiger partial charge in [0.05, 0.1) is 6.61 Å². The summed E-state index contributed by atoms with van der Waals surface area (Å²) in [5, 5.41) is 11.2. The van der Waals surface area contributed by atoms with E-state index in [2.05, 4.69) is 5.32 Å². The van der Waals surface area contributed by atoms with Crippen LogP contribution in [0.15, 0.2) is 0 Å². The lowest BCUT2D eigenvalue weighted by atomic mass is 10.2. The van der Waals surface area contributed by atoms with Crippen LogP contribution in [0, 0.1) is 5.92 Å². The largest absolute Gasteiger partial charge is 0.480 e. The van der Waals surface area contributed by atoms with Gasteiger partial charge < -0.3 is 19.9 Å². The van der Waals surface area contributed by atoms with Crippen LogP contribution in [0.25, 0.3) is 0 Å². The van der Waals surface area contributed by atoms with Gasteiger partial charge in [0.2, 0.25) is 0 Å². The Kier molecular flexibility index (Phi) is 6.68. The number of hydrogen-bond donors (Lipinski definition) is 2. The van der Waals surface area contributed by atoms with Gasteiger partial charge in [-0.1, -0.05) is 13.8 Å². The lowest BCUT2D eigenvalue weighted by molar-refractivity contribution is -0.141. The third-order valence-electron chi connectivity index (χ3n) is 1.72. The minimum atomic E-state index is -1.15. The van der Waals surface area contributed by atoms with E-state index >= 15 is 0 Å². The molecule has 0 aromatic heterocycles. The van der Waals surface area contributed by atoms with Crippen LogP contribution in [-0.4, -0.2) is 42.0 Å². The van der Waals surface area contributed by atoms with Gasteiger partial charge in [-0.25, -0.2) is 9.59 Å². The Hall–Kier alpha value is -1.30. The van der Waals surface area contributed by atoms with Crippen molar-refractivity contribution in [1.29, 1.82) is 0 Å². The lowest BCUT2D eigenvalue weighted by Gasteiger charge is -2.22. The minimum Gasteiger partial charge on any atom is -0.480 e. The molecule has 0 aliphatic rings. The van der Waals surface area contributed by atoms with Crippen LogP contribution in [0.5, 0.6) is 0 Å². The Morgan fingerprint density at radius 1 is 1.22 bits per heavy atom. The zero-order chi connectivity index (χ0) is 14.3. The number of aliphatic carboxylic acids is 1. The Morgan fingerprint density at radius 2 is 1.78 bits per heavy atom. The highest BCUT2D eigenvalue weighted by molar-refractivity contribution is 5.80. The molecule has 0 spiro atoms. The summed E-state index contributed by atoms with van der Waals surface area (Å²) in [7, 11) is 0. The third kappa shape index (κ3) is 8.81. The molecule has 0 radical (unpaired) electrons. The number of rotatable bonds is 6. The second-order valence-electron chi connectivity index (χ2n) is 5.47. The van der Waals surface area contributed by atoms with Crippen LogP contribution in [0.2, 0.25) is 0 Å². The van der Waals surface area contributed by atoms with Crippen LogP contribution in [-0.2, 0) is 14.3 Å². The fraction of sp³-hybridized carbons (Fsp3) is 0.833. The fourth-order valence-electron chi connectivity index (χ4n) is 1.05. The molecule has 0 unspecified atom stereocenters. The molecule has 2 N–H and O–H groups in total. The molecule has 1 amide bonds. The van der Waals surface area contributed by atoms with Crippen molar-refractivity contribution in [3.05, 3.63) is 0 Å². The molecule has 0 aromatic rings. The third-order valence-corrected chi connectivity index (χ3v) is 1.72. The molecular formula is C12H23NO5. The summed E-state index contributed by atoms with van der Waals surface area (Å²) in [5.41, 5.74) is -0.661.